The molecule has 3 nitrogen and oxygen atoms in total. The summed E-state index contributed by atoms with van der Waals surface area (Å²) in [5.74, 6) is 0.729. The lowest BCUT2D eigenvalue weighted by Gasteiger charge is -2.59. The van der Waals surface area contributed by atoms with Crippen molar-refractivity contribution < 1.29 is 4.74 Å². The SMILES string of the molecule is CCCNC1CCN(C2CC(OCC)C2(C)C)C(C)C1C. The number of rotatable bonds is 6. The molecule has 1 saturated heterocycles. The molecule has 2 fully saturated rings. The highest BCUT2D eigenvalue weighted by Crippen LogP contribution is 2.47. The van der Waals surface area contributed by atoms with Crippen LogP contribution in [0.1, 0.15) is 60.8 Å². The standard InChI is InChI=1S/C18H36N2O/c1-7-10-19-15-9-11-20(14(4)13(15)3)16-12-17(21-8-2)18(16,5)6/h13-17,19H,7-12H2,1-6H3. The van der Waals surface area contributed by atoms with Crippen molar-refractivity contribution in [3.8, 4) is 0 Å². The van der Waals surface area contributed by atoms with Crippen molar-refractivity contribution in [2.45, 2.75) is 85.0 Å². The van der Waals surface area contributed by atoms with Crippen LogP contribution in [0.15, 0.2) is 0 Å². The summed E-state index contributed by atoms with van der Waals surface area (Å²) in [6.45, 7) is 17.2. The Balaban J connectivity index is 1.94. The first kappa shape index (κ1) is 17.2. The van der Waals surface area contributed by atoms with Gasteiger partial charge in [0.05, 0.1) is 6.10 Å². The van der Waals surface area contributed by atoms with Gasteiger partial charge in [-0.1, -0.05) is 27.7 Å². The molecule has 0 bridgehead atoms. The Hall–Kier alpha value is -0.120. The lowest BCUT2D eigenvalue weighted by atomic mass is 9.62. The Morgan fingerprint density at radius 3 is 2.52 bits per heavy atom. The second-order valence-electron chi connectivity index (χ2n) is 7.70. The minimum Gasteiger partial charge on any atom is -0.378 e. The Morgan fingerprint density at radius 2 is 1.95 bits per heavy atom. The van der Waals surface area contributed by atoms with E-state index in [9.17, 15) is 0 Å². The smallest absolute Gasteiger partial charge is 0.0655 e. The average Bonchev–Trinajstić information content (AvgIpc) is 2.46. The van der Waals surface area contributed by atoms with Crippen LogP contribution in [-0.2, 0) is 4.74 Å². The van der Waals surface area contributed by atoms with Crippen LogP contribution in [-0.4, -0.2) is 48.8 Å². The van der Waals surface area contributed by atoms with E-state index in [4.69, 9.17) is 4.74 Å². The zero-order valence-electron chi connectivity index (χ0n) is 15.0. The lowest BCUT2D eigenvalue weighted by molar-refractivity contribution is -0.166. The monoisotopic (exact) mass is 296 g/mol. The van der Waals surface area contributed by atoms with Crippen molar-refractivity contribution in [3.63, 3.8) is 0 Å². The molecule has 0 spiro atoms. The molecule has 1 heterocycles. The van der Waals surface area contributed by atoms with Crippen LogP contribution in [0.4, 0.5) is 0 Å². The zero-order chi connectivity index (χ0) is 15.6. The van der Waals surface area contributed by atoms with Crippen molar-refractivity contribution in [3.05, 3.63) is 0 Å². The fourth-order valence-corrected chi connectivity index (χ4v) is 4.36. The van der Waals surface area contributed by atoms with Gasteiger partial charge in [0.1, 0.15) is 0 Å². The third-order valence-electron chi connectivity index (χ3n) is 6.17. The Kier molecular flexibility index (Phi) is 5.72. The van der Waals surface area contributed by atoms with E-state index < -0.39 is 0 Å². The highest BCUT2D eigenvalue weighted by atomic mass is 16.5. The van der Waals surface area contributed by atoms with Gasteiger partial charge in [0.15, 0.2) is 0 Å². The molecule has 0 aromatic rings. The Labute approximate surface area is 131 Å². The third-order valence-corrected chi connectivity index (χ3v) is 6.17. The van der Waals surface area contributed by atoms with Gasteiger partial charge in [-0.25, -0.2) is 0 Å². The summed E-state index contributed by atoms with van der Waals surface area (Å²) in [4.78, 5) is 2.77. The minimum atomic E-state index is 0.299. The summed E-state index contributed by atoms with van der Waals surface area (Å²) >= 11 is 0. The van der Waals surface area contributed by atoms with E-state index in [2.05, 4.69) is 51.8 Å². The Bertz CT molecular complexity index is 331. The van der Waals surface area contributed by atoms with Crippen molar-refractivity contribution in [1.82, 2.24) is 10.2 Å². The molecule has 3 heteroatoms. The average molecular weight is 296 g/mol. The van der Waals surface area contributed by atoms with Crippen LogP contribution >= 0.6 is 0 Å². The lowest BCUT2D eigenvalue weighted by Crippen LogP contribution is -2.67. The van der Waals surface area contributed by atoms with Crippen molar-refractivity contribution in [2.75, 3.05) is 19.7 Å². The van der Waals surface area contributed by atoms with Gasteiger partial charge in [-0.05, 0) is 45.6 Å². The number of hydrogen-bond donors (Lipinski definition) is 1. The second kappa shape index (κ2) is 6.97. The van der Waals surface area contributed by atoms with Gasteiger partial charge >= 0.3 is 0 Å². The van der Waals surface area contributed by atoms with Crippen LogP contribution in [0, 0.1) is 11.3 Å². The number of likely N-dealkylation sites (tertiary alicyclic amines) is 1. The number of nitrogens with zero attached hydrogens (tertiary/aromatic N) is 1. The number of nitrogens with one attached hydrogen (secondary N) is 1. The largest absolute Gasteiger partial charge is 0.378 e. The van der Waals surface area contributed by atoms with E-state index in [1.807, 2.05) is 0 Å². The molecule has 124 valence electrons. The summed E-state index contributed by atoms with van der Waals surface area (Å²) in [7, 11) is 0. The number of piperidine rings is 1. The fraction of sp³-hybridized carbons (Fsp3) is 1.00. The van der Waals surface area contributed by atoms with E-state index in [0.29, 0.717) is 29.6 Å². The molecular formula is C18H36N2O. The van der Waals surface area contributed by atoms with Gasteiger partial charge in [-0.15, -0.1) is 0 Å². The van der Waals surface area contributed by atoms with E-state index in [1.165, 1.54) is 25.8 Å². The van der Waals surface area contributed by atoms with E-state index in [-0.39, 0.29) is 0 Å². The predicted octanol–water partition coefficient (Wildman–Crippen LogP) is 3.29. The van der Waals surface area contributed by atoms with Gasteiger partial charge in [-0.2, -0.15) is 0 Å². The molecule has 2 aliphatic rings. The molecule has 1 N–H and O–H groups in total. The Morgan fingerprint density at radius 1 is 1.24 bits per heavy atom. The van der Waals surface area contributed by atoms with E-state index in [1.54, 1.807) is 0 Å². The van der Waals surface area contributed by atoms with E-state index >= 15 is 0 Å². The molecule has 1 aliphatic carbocycles. The van der Waals surface area contributed by atoms with Gasteiger partial charge in [0, 0.05) is 36.7 Å². The van der Waals surface area contributed by atoms with Crippen LogP contribution in [0.2, 0.25) is 0 Å². The zero-order valence-corrected chi connectivity index (χ0v) is 15.0. The van der Waals surface area contributed by atoms with Crippen LogP contribution in [0.5, 0.6) is 0 Å². The minimum absolute atomic E-state index is 0.299. The molecular weight excluding hydrogens is 260 g/mol. The summed E-state index contributed by atoms with van der Waals surface area (Å²) < 4.78 is 5.91. The number of ether oxygens (including phenoxy) is 1. The molecule has 21 heavy (non-hydrogen) atoms. The fourth-order valence-electron chi connectivity index (χ4n) is 4.36. The van der Waals surface area contributed by atoms with Gasteiger partial charge in [-0.3, -0.25) is 4.90 Å². The van der Waals surface area contributed by atoms with E-state index in [0.717, 1.165) is 19.1 Å². The molecule has 2 rings (SSSR count). The van der Waals surface area contributed by atoms with Crippen molar-refractivity contribution in [2.24, 2.45) is 11.3 Å². The molecule has 0 radical (unpaired) electrons. The van der Waals surface area contributed by atoms with Crippen LogP contribution < -0.4 is 5.32 Å². The number of hydrogen-bond acceptors (Lipinski definition) is 3. The molecule has 5 unspecified atom stereocenters. The predicted molar refractivity (Wildman–Crippen MR) is 89.6 cm³/mol. The maximum atomic E-state index is 5.91. The third kappa shape index (κ3) is 3.30. The van der Waals surface area contributed by atoms with Crippen LogP contribution in [0.25, 0.3) is 0 Å². The maximum absolute atomic E-state index is 5.91. The maximum Gasteiger partial charge on any atom is 0.0655 e. The second-order valence-corrected chi connectivity index (χ2v) is 7.70. The van der Waals surface area contributed by atoms with Crippen molar-refractivity contribution >= 4 is 0 Å². The van der Waals surface area contributed by atoms with Gasteiger partial charge in [0.2, 0.25) is 0 Å². The van der Waals surface area contributed by atoms with Crippen LogP contribution in [0.3, 0.4) is 0 Å². The first-order chi connectivity index (χ1) is 9.93. The summed E-state index contributed by atoms with van der Waals surface area (Å²) in [5, 5.41) is 3.75. The highest BCUT2D eigenvalue weighted by molar-refractivity contribution is 5.06. The first-order valence-corrected chi connectivity index (χ1v) is 9.04. The summed E-state index contributed by atoms with van der Waals surface area (Å²) in [5.41, 5.74) is 0.299. The summed E-state index contributed by atoms with van der Waals surface area (Å²) in [6, 6.07) is 2.06. The normalized spacial score (nSPS) is 40.0. The summed E-state index contributed by atoms with van der Waals surface area (Å²) in [6.07, 6.45) is 4.18. The topological polar surface area (TPSA) is 24.5 Å². The molecule has 0 aromatic carbocycles. The molecule has 0 amide bonds. The first-order valence-electron chi connectivity index (χ1n) is 9.04. The van der Waals surface area contributed by atoms with Crippen molar-refractivity contribution in [1.29, 1.82) is 0 Å². The molecule has 5 atom stereocenters. The molecule has 1 aliphatic heterocycles. The quantitative estimate of drug-likeness (QED) is 0.814. The molecule has 1 saturated carbocycles. The highest BCUT2D eigenvalue weighted by Gasteiger charge is 2.53. The van der Waals surface area contributed by atoms with Gasteiger partial charge in [0.25, 0.3) is 0 Å². The molecule has 0 aromatic heterocycles. The van der Waals surface area contributed by atoms with Gasteiger partial charge < -0.3 is 10.1 Å².